The maximum Gasteiger partial charge on any atom is 0.120 e. The van der Waals surface area contributed by atoms with E-state index in [1.54, 1.807) is 0 Å². The van der Waals surface area contributed by atoms with Gasteiger partial charge in [0.1, 0.15) is 6.29 Å². The van der Waals surface area contributed by atoms with E-state index in [1.165, 1.54) is 0 Å². The molecule has 1 aliphatic rings. The fourth-order valence-corrected chi connectivity index (χ4v) is 1.84. The first-order chi connectivity index (χ1) is 10.2. The molecule has 3 nitrogen and oxygen atoms in total. The van der Waals surface area contributed by atoms with Gasteiger partial charge in [0.05, 0.1) is 6.10 Å². The molecular weight excluding hydrogens is 446 g/mol. The Morgan fingerprint density at radius 2 is 1.91 bits per heavy atom. The second-order valence-electron chi connectivity index (χ2n) is 4.32. The van der Waals surface area contributed by atoms with Crippen LogP contribution < -0.4 is 0 Å². The van der Waals surface area contributed by atoms with Crippen LogP contribution in [0.15, 0.2) is 24.3 Å². The van der Waals surface area contributed by atoms with Crippen LogP contribution in [0.4, 0.5) is 0 Å². The molecule has 2 atom stereocenters. The summed E-state index contributed by atoms with van der Waals surface area (Å²) in [6, 6.07) is 0. The molecule has 0 aromatic heterocycles. The van der Waals surface area contributed by atoms with Crippen LogP contribution in [-0.2, 0) is 25.9 Å². The Kier molecular flexibility index (Phi) is 37.0. The van der Waals surface area contributed by atoms with Crippen molar-refractivity contribution in [3.63, 3.8) is 0 Å². The minimum Gasteiger partial charge on any atom is -0.393 e. The van der Waals surface area contributed by atoms with Gasteiger partial charge in [0.25, 0.3) is 0 Å². The van der Waals surface area contributed by atoms with E-state index in [1.807, 2.05) is 19.1 Å². The van der Waals surface area contributed by atoms with Crippen LogP contribution in [0.5, 0.6) is 0 Å². The number of allylic oxidation sites excluding steroid dienone is 4. The molecule has 126 valence electrons. The number of hydrogen-bond donors (Lipinski definition) is 2. The van der Waals surface area contributed by atoms with E-state index in [4.69, 9.17) is 10.5 Å². The van der Waals surface area contributed by atoms with Crippen molar-refractivity contribution in [3.05, 3.63) is 31.2 Å². The molecule has 1 aliphatic carbocycles. The van der Waals surface area contributed by atoms with E-state index in [0.717, 1.165) is 38.4 Å². The Labute approximate surface area is 151 Å². The predicted octanol–water partition coefficient (Wildman–Crippen LogP) is 3.98. The molecule has 0 heterocycles. The number of unbranched alkanes of at least 4 members (excludes halogenated alkanes) is 2. The number of aliphatic hydroxyl groups excluding tert-OH is 1. The molecule has 0 spiro atoms. The molecule has 0 aliphatic heterocycles. The van der Waals surface area contributed by atoms with Crippen LogP contribution in [0, 0.1) is 31.1 Å². The van der Waals surface area contributed by atoms with E-state index >= 15 is 0 Å². The zero-order valence-corrected chi connectivity index (χ0v) is 16.6. The summed E-state index contributed by atoms with van der Waals surface area (Å²) in [6.45, 7) is 8.10. The van der Waals surface area contributed by atoms with Gasteiger partial charge in [-0.3, -0.25) is 0 Å². The van der Waals surface area contributed by atoms with Crippen molar-refractivity contribution >= 4 is 13.0 Å². The second kappa shape index (κ2) is 28.1. The third-order valence-corrected chi connectivity index (χ3v) is 2.78. The third kappa shape index (κ3) is 24.0. The molecule has 0 radical (unpaired) electrons. The average Bonchev–Trinajstić information content (AvgIpc) is 2.94. The van der Waals surface area contributed by atoms with Crippen LogP contribution >= 0.6 is 0 Å². The molecule has 1 rings (SSSR count). The molecule has 0 aromatic rings. The monoisotopic (exact) mass is 476 g/mol. The van der Waals surface area contributed by atoms with Gasteiger partial charge in [0, 0.05) is 27.5 Å². The van der Waals surface area contributed by atoms with Gasteiger partial charge in [-0.2, -0.15) is 0 Å². The molecule has 4 heteroatoms. The number of carbonyl (C=O) groups is 1. The van der Waals surface area contributed by atoms with Crippen molar-refractivity contribution in [1.29, 1.82) is 5.41 Å². The fourth-order valence-electron chi connectivity index (χ4n) is 1.84. The number of nitrogens with one attached hydrogen (secondary N) is 1. The molecule has 2 N–H and O–H groups in total. The Bertz CT molecular complexity index is 288. The first-order valence-corrected chi connectivity index (χ1v) is 7.12. The summed E-state index contributed by atoms with van der Waals surface area (Å²) >= 11 is 0. The largest absolute Gasteiger partial charge is 0.393 e. The summed E-state index contributed by atoms with van der Waals surface area (Å²) in [4.78, 5) is 9.74. The average molecular weight is 476 g/mol. The smallest absolute Gasteiger partial charge is 0.120 e. The number of terminal acetylenes is 1. The van der Waals surface area contributed by atoms with Crippen LogP contribution in [-0.4, -0.2) is 24.2 Å². The minimum absolute atomic E-state index is 0. The normalized spacial score (nSPS) is 18.7. The summed E-state index contributed by atoms with van der Waals surface area (Å²) in [6.07, 6.45) is 22.7. The van der Waals surface area contributed by atoms with E-state index < -0.39 is 0 Å². The van der Waals surface area contributed by atoms with Crippen molar-refractivity contribution in [2.24, 2.45) is 5.92 Å². The van der Waals surface area contributed by atoms with Crippen LogP contribution in [0.1, 0.15) is 45.4 Å². The first-order valence-electron chi connectivity index (χ1n) is 7.12. The van der Waals surface area contributed by atoms with Gasteiger partial charge in [-0.15, -0.1) is 12.8 Å². The molecular formula is C18H30NO2W-. The summed E-state index contributed by atoms with van der Waals surface area (Å²) < 4.78 is 0. The maximum absolute atomic E-state index is 9.74. The summed E-state index contributed by atoms with van der Waals surface area (Å²) in [5.74, 6) is 0.595. The topological polar surface area (TPSA) is 61.2 Å². The van der Waals surface area contributed by atoms with Gasteiger partial charge in [-0.1, -0.05) is 24.5 Å². The molecule has 0 unspecified atom stereocenters. The summed E-state index contributed by atoms with van der Waals surface area (Å²) in [5, 5.41) is 14.6. The van der Waals surface area contributed by atoms with Crippen LogP contribution in [0.25, 0.3) is 0 Å². The standard InChI is InChI=1S/C8H13O.C7H12O.C2H2.CH3N.W/c1-2-3-7-4-5-8(9)6-7;1-2-3-4-5-6-7-8;2*1-2;/h2-3,7-9H,1,4-6H2;2-3,7H,4-6H2,1H3;1-2H;2H,1H2;/q-1;;;;/b3-2+;3-2-;;;/t7-,8-;;;;/m0..../s1. The Morgan fingerprint density at radius 3 is 2.27 bits per heavy atom. The van der Waals surface area contributed by atoms with E-state index in [9.17, 15) is 4.79 Å². The van der Waals surface area contributed by atoms with Crippen molar-refractivity contribution in [2.45, 2.75) is 51.6 Å². The van der Waals surface area contributed by atoms with Gasteiger partial charge >= 0.3 is 0 Å². The van der Waals surface area contributed by atoms with Gasteiger partial charge in [0.2, 0.25) is 0 Å². The Hall–Kier alpha value is -1.10. The zero-order valence-electron chi connectivity index (χ0n) is 13.6. The molecule has 0 amide bonds. The number of rotatable bonds is 5. The Morgan fingerprint density at radius 1 is 1.32 bits per heavy atom. The summed E-state index contributed by atoms with van der Waals surface area (Å²) in [5.41, 5.74) is 0. The number of hydrogen-bond acceptors (Lipinski definition) is 3. The number of carbonyl (C=O) groups excluding carboxylic acids is 1. The molecule has 0 bridgehead atoms. The van der Waals surface area contributed by atoms with Gasteiger partial charge in [-0.25, -0.2) is 19.1 Å². The quantitative estimate of drug-likeness (QED) is 0.158. The summed E-state index contributed by atoms with van der Waals surface area (Å²) in [7, 11) is 0. The molecule has 1 fully saturated rings. The number of aldehydes is 1. The molecule has 22 heavy (non-hydrogen) atoms. The van der Waals surface area contributed by atoms with Crippen molar-refractivity contribution < 1.29 is 31.0 Å². The van der Waals surface area contributed by atoms with E-state index in [2.05, 4.69) is 38.6 Å². The maximum atomic E-state index is 9.74. The van der Waals surface area contributed by atoms with Crippen LogP contribution in [0.3, 0.4) is 0 Å². The number of aliphatic hydroxyl groups is 1. The minimum atomic E-state index is -0.0498. The van der Waals surface area contributed by atoms with Crippen molar-refractivity contribution in [2.75, 3.05) is 0 Å². The predicted molar refractivity (Wildman–Crippen MR) is 92.3 cm³/mol. The van der Waals surface area contributed by atoms with Crippen molar-refractivity contribution in [3.8, 4) is 12.8 Å². The fraction of sp³-hybridized carbons (Fsp3) is 0.500. The second-order valence-corrected chi connectivity index (χ2v) is 4.32. The van der Waals surface area contributed by atoms with E-state index in [0.29, 0.717) is 12.3 Å². The van der Waals surface area contributed by atoms with E-state index in [-0.39, 0.29) is 27.2 Å². The zero-order chi connectivity index (χ0) is 16.9. The van der Waals surface area contributed by atoms with Gasteiger partial charge in [-0.05, 0) is 39.3 Å². The molecule has 1 saturated carbocycles. The molecule has 0 saturated heterocycles. The Balaban J connectivity index is -0.000000116. The van der Waals surface area contributed by atoms with Gasteiger partial charge < -0.3 is 15.3 Å². The first kappa shape index (κ1) is 29.0. The van der Waals surface area contributed by atoms with Crippen molar-refractivity contribution in [1.82, 2.24) is 0 Å². The molecule has 0 aromatic carbocycles. The SMILES string of the molecule is C#C.C/C=C\CCCC=O.C=N.[CH2-]/C=C/[C@H]1CC[C@H](O)C1.[W]. The van der Waals surface area contributed by atoms with Crippen LogP contribution in [0.2, 0.25) is 0 Å². The van der Waals surface area contributed by atoms with Gasteiger partial charge in [0.15, 0.2) is 0 Å². The third-order valence-electron chi connectivity index (χ3n) is 2.78.